The first-order valence-corrected chi connectivity index (χ1v) is 12.0. The predicted molar refractivity (Wildman–Crippen MR) is 131 cm³/mol. The number of aromatic nitrogens is 4. The van der Waals surface area contributed by atoms with Gasteiger partial charge in [-0.15, -0.1) is 0 Å². The first-order valence-electron chi connectivity index (χ1n) is 11.2. The Balaban J connectivity index is 1.44. The molecule has 4 heterocycles. The van der Waals surface area contributed by atoms with Crippen LogP contribution in [0.1, 0.15) is 46.9 Å². The number of likely N-dealkylation sites (tertiary alicyclic amines) is 1. The van der Waals surface area contributed by atoms with Crippen LogP contribution in [0, 0.1) is 0 Å². The van der Waals surface area contributed by atoms with Gasteiger partial charge in [0.1, 0.15) is 5.82 Å². The summed E-state index contributed by atoms with van der Waals surface area (Å²) < 4.78 is 2.66. The Kier molecular flexibility index (Phi) is 6.46. The van der Waals surface area contributed by atoms with E-state index in [9.17, 15) is 4.79 Å². The molecule has 3 aromatic heterocycles. The number of halogens is 1. The Bertz CT molecular complexity index is 1240. The fourth-order valence-electron chi connectivity index (χ4n) is 4.36. The quantitative estimate of drug-likeness (QED) is 0.360. The Morgan fingerprint density at radius 1 is 1.12 bits per heavy atom. The van der Waals surface area contributed by atoms with Crippen molar-refractivity contribution in [3.05, 3.63) is 88.4 Å². The van der Waals surface area contributed by atoms with Gasteiger partial charge in [0, 0.05) is 30.6 Å². The molecule has 0 spiro atoms. The van der Waals surface area contributed by atoms with Crippen molar-refractivity contribution in [2.75, 3.05) is 18.4 Å². The molecule has 1 fully saturated rings. The molecule has 0 bridgehead atoms. The van der Waals surface area contributed by atoms with E-state index in [0.29, 0.717) is 13.1 Å². The van der Waals surface area contributed by atoms with Crippen molar-refractivity contribution < 1.29 is 4.79 Å². The van der Waals surface area contributed by atoms with Gasteiger partial charge in [0.15, 0.2) is 11.4 Å². The van der Waals surface area contributed by atoms with E-state index in [4.69, 9.17) is 4.98 Å². The predicted octanol–water partition coefficient (Wildman–Crippen LogP) is 4.91. The van der Waals surface area contributed by atoms with Gasteiger partial charge < -0.3 is 5.32 Å². The fraction of sp³-hybridized carbons (Fsp3) is 0.280. The first kappa shape index (κ1) is 21.7. The number of nitrogens with zero attached hydrogens (tertiary/aromatic N) is 5. The second-order valence-electron chi connectivity index (χ2n) is 8.28. The largest absolute Gasteiger partial charge is 0.366 e. The zero-order valence-electron chi connectivity index (χ0n) is 18.2. The summed E-state index contributed by atoms with van der Waals surface area (Å²) in [7, 11) is 0. The molecule has 1 N–H and O–H groups in total. The van der Waals surface area contributed by atoms with Crippen LogP contribution < -0.4 is 5.32 Å². The van der Waals surface area contributed by atoms with Gasteiger partial charge in [0.2, 0.25) is 0 Å². The molecule has 4 aromatic rings. The number of piperidine rings is 1. The molecule has 1 aliphatic rings. The zero-order valence-corrected chi connectivity index (χ0v) is 19.8. The number of fused-ring (bicyclic) bond motifs is 1. The maximum absolute atomic E-state index is 12.9. The Morgan fingerprint density at radius 3 is 2.82 bits per heavy atom. The van der Waals surface area contributed by atoms with Gasteiger partial charge >= 0.3 is 0 Å². The highest BCUT2D eigenvalue weighted by molar-refractivity contribution is 9.10. The fourth-order valence-corrected chi connectivity index (χ4v) is 4.71. The van der Waals surface area contributed by atoms with Crippen LogP contribution >= 0.6 is 15.9 Å². The number of pyridine rings is 1. The summed E-state index contributed by atoms with van der Waals surface area (Å²) in [5.74, 6) is 1.01. The van der Waals surface area contributed by atoms with Crippen molar-refractivity contribution in [3.63, 3.8) is 0 Å². The molecule has 1 aliphatic heterocycles. The molecule has 33 heavy (non-hydrogen) atoms. The number of benzene rings is 1. The molecule has 7 nitrogen and oxygen atoms in total. The molecule has 8 heteroatoms. The molecular weight excluding hydrogens is 480 g/mol. The van der Waals surface area contributed by atoms with E-state index in [1.165, 1.54) is 0 Å². The highest BCUT2D eigenvalue weighted by atomic mass is 79.9. The number of hydrogen-bond donors (Lipinski definition) is 1. The SMILES string of the molecule is O=C(CN1CCCCC1c1cc(NCc2cccnc2)n2ncc(Br)c2n1)c1ccccc1. The van der Waals surface area contributed by atoms with Crippen molar-refractivity contribution in [1.29, 1.82) is 0 Å². The molecule has 0 saturated carbocycles. The molecule has 5 rings (SSSR count). The molecule has 1 atom stereocenters. The summed E-state index contributed by atoms with van der Waals surface area (Å²) in [6.07, 6.45) is 8.56. The van der Waals surface area contributed by atoms with Gasteiger partial charge in [-0.05, 0) is 46.9 Å². The van der Waals surface area contributed by atoms with Crippen LogP contribution in [0.25, 0.3) is 5.65 Å². The minimum Gasteiger partial charge on any atom is -0.366 e. The van der Waals surface area contributed by atoms with Crippen molar-refractivity contribution in [2.24, 2.45) is 0 Å². The average molecular weight is 505 g/mol. The second kappa shape index (κ2) is 9.80. The van der Waals surface area contributed by atoms with E-state index >= 15 is 0 Å². The minimum atomic E-state index is 0.0807. The normalized spacial score (nSPS) is 16.7. The Hall–Kier alpha value is -3.10. The van der Waals surface area contributed by atoms with Crippen molar-refractivity contribution >= 4 is 33.2 Å². The summed E-state index contributed by atoms with van der Waals surface area (Å²) in [5.41, 5.74) is 3.56. The van der Waals surface area contributed by atoms with Gasteiger partial charge in [-0.2, -0.15) is 9.61 Å². The maximum Gasteiger partial charge on any atom is 0.176 e. The lowest BCUT2D eigenvalue weighted by Gasteiger charge is -2.35. The first-order chi connectivity index (χ1) is 16.2. The maximum atomic E-state index is 12.9. The van der Waals surface area contributed by atoms with E-state index in [-0.39, 0.29) is 11.8 Å². The van der Waals surface area contributed by atoms with Crippen molar-refractivity contribution in [3.8, 4) is 0 Å². The van der Waals surface area contributed by atoms with E-state index in [2.05, 4.69) is 42.3 Å². The Labute approximate surface area is 201 Å². The van der Waals surface area contributed by atoms with Crippen molar-refractivity contribution in [2.45, 2.75) is 31.8 Å². The lowest BCUT2D eigenvalue weighted by molar-refractivity contribution is 0.0838. The third kappa shape index (κ3) is 4.82. The number of carbonyl (C=O) groups excluding carboxylic acids is 1. The number of Topliss-reactive ketones (excluding diaryl/α,β-unsaturated/α-hetero) is 1. The van der Waals surface area contributed by atoms with Crippen LogP contribution in [-0.4, -0.2) is 43.4 Å². The highest BCUT2D eigenvalue weighted by Crippen LogP contribution is 2.32. The zero-order chi connectivity index (χ0) is 22.6. The van der Waals surface area contributed by atoms with Crippen LogP contribution in [0.4, 0.5) is 5.82 Å². The minimum absolute atomic E-state index is 0.0807. The van der Waals surface area contributed by atoms with Crippen LogP contribution in [0.5, 0.6) is 0 Å². The number of nitrogens with one attached hydrogen (secondary N) is 1. The molecule has 168 valence electrons. The molecule has 0 amide bonds. The summed E-state index contributed by atoms with van der Waals surface area (Å²) in [6, 6.07) is 15.6. The molecule has 0 aliphatic carbocycles. The number of rotatable bonds is 7. The molecule has 1 saturated heterocycles. The van der Waals surface area contributed by atoms with E-state index in [1.54, 1.807) is 12.4 Å². The third-order valence-corrected chi connectivity index (χ3v) is 6.60. The molecular formula is C25H25BrN6O. The number of carbonyl (C=O) groups is 1. The summed E-state index contributed by atoms with van der Waals surface area (Å²) in [6.45, 7) is 1.90. The van der Waals surface area contributed by atoms with Crippen LogP contribution in [-0.2, 0) is 6.54 Å². The lowest BCUT2D eigenvalue weighted by atomic mass is 9.98. The average Bonchev–Trinajstić information content (AvgIpc) is 3.24. The lowest BCUT2D eigenvalue weighted by Crippen LogP contribution is -2.38. The van der Waals surface area contributed by atoms with Crippen LogP contribution in [0.15, 0.2) is 71.6 Å². The van der Waals surface area contributed by atoms with Crippen molar-refractivity contribution in [1.82, 2.24) is 24.5 Å². The smallest absolute Gasteiger partial charge is 0.176 e. The van der Waals surface area contributed by atoms with E-state index < -0.39 is 0 Å². The third-order valence-electron chi connectivity index (χ3n) is 6.04. The van der Waals surface area contributed by atoms with Gasteiger partial charge in [-0.25, -0.2) is 4.98 Å². The molecule has 1 unspecified atom stereocenters. The molecule has 1 aromatic carbocycles. The topological polar surface area (TPSA) is 75.4 Å². The molecule has 0 radical (unpaired) electrons. The standard InChI is InChI=1S/C25H25BrN6O/c26-20-16-29-32-24(28-15-18-7-6-11-27-14-18)13-21(30-25(20)32)22-10-4-5-12-31(22)17-23(33)19-8-2-1-3-9-19/h1-3,6-9,11,13-14,16,22,28H,4-5,10,12,15,17H2. The van der Waals surface area contributed by atoms with Crippen LogP contribution in [0.2, 0.25) is 0 Å². The van der Waals surface area contributed by atoms with Gasteiger partial charge in [0.05, 0.1) is 29.0 Å². The van der Waals surface area contributed by atoms with Gasteiger partial charge in [-0.3, -0.25) is 14.7 Å². The van der Waals surface area contributed by atoms with Gasteiger partial charge in [-0.1, -0.05) is 42.8 Å². The second-order valence-corrected chi connectivity index (χ2v) is 9.13. The summed E-state index contributed by atoms with van der Waals surface area (Å²) >= 11 is 3.59. The van der Waals surface area contributed by atoms with E-state index in [0.717, 1.165) is 58.6 Å². The van der Waals surface area contributed by atoms with E-state index in [1.807, 2.05) is 53.2 Å². The Morgan fingerprint density at radius 2 is 2.00 bits per heavy atom. The summed E-state index contributed by atoms with van der Waals surface area (Å²) in [5, 5.41) is 7.98. The highest BCUT2D eigenvalue weighted by Gasteiger charge is 2.28. The number of hydrogen-bond acceptors (Lipinski definition) is 6. The van der Waals surface area contributed by atoms with Crippen LogP contribution in [0.3, 0.4) is 0 Å². The number of ketones is 1. The van der Waals surface area contributed by atoms with Gasteiger partial charge in [0.25, 0.3) is 0 Å². The number of anilines is 1. The monoisotopic (exact) mass is 504 g/mol. The summed E-state index contributed by atoms with van der Waals surface area (Å²) in [4.78, 5) is 24.4.